The second-order valence-electron chi connectivity index (χ2n) is 3.85. The molecule has 1 amide bonds. The lowest BCUT2D eigenvalue weighted by Crippen LogP contribution is -2.31. The van der Waals surface area contributed by atoms with Crippen LogP contribution in [0.15, 0.2) is 48.8 Å². The molecule has 0 fully saturated rings. The molecule has 2 N–H and O–H groups in total. The van der Waals surface area contributed by atoms with Crippen LogP contribution in [-0.4, -0.2) is 17.4 Å². The Hall–Kier alpha value is -2.36. The number of rotatable bonds is 3. The molecule has 0 aliphatic rings. The zero-order valence-electron chi connectivity index (χ0n) is 10.2. The maximum atomic E-state index is 12.4. The van der Waals surface area contributed by atoms with Crippen molar-refractivity contribution in [1.29, 1.82) is 0 Å². The first-order chi connectivity index (χ1) is 8.74. The predicted octanol–water partition coefficient (Wildman–Crippen LogP) is 2.33. The Balaban J connectivity index is 2.36. The quantitative estimate of drug-likeness (QED) is 0.839. The van der Waals surface area contributed by atoms with E-state index in [0.717, 1.165) is 5.69 Å². The average molecular weight is 241 g/mol. The van der Waals surface area contributed by atoms with Gasteiger partial charge in [-0.3, -0.25) is 9.78 Å². The highest BCUT2D eigenvalue weighted by Gasteiger charge is 2.17. The summed E-state index contributed by atoms with van der Waals surface area (Å²) in [4.78, 5) is 18.0. The van der Waals surface area contributed by atoms with E-state index in [-0.39, 0.29) is 5.91 Å². The Morgan fingerprint density at radius 1 is 1.28 bits per heavy atom. The van der Waals surface area contributed by atoms with E-state index in [1.165, 1.54) is 0 Å². The van der Waals surface area contributed by atoms with Crippen molar-refractivity contribution in [3.8, 4) is 0 Å². The first-order valence-corrected chi connectivity index (χ1v) is 5.80. The first kappa shape index (κ1) is 12.1. The molecule has 0 spiro atoms. The van der Waals surface area contributed by atoms with Gasteiger partial charge in [-0.05, 0) is 31.2 Å². The van der Waals surface area contributed by atoms with Gasteiger partial charge in [0.1, 0.15) is 0 Å². The molecule has 0 unspecified atom stereocenters. The van der Waals surface area contributed by atoms with E-state index in [0.29, 0.717) is 17.8 Å². The molecule has 0 radical (unpaired) electrons. The predicted molar refractivity (Wildman–Crippen MR) is 72.4 cm³/mol. The third-order valence-corrected chi connectivity index (χ3v) is 2.70. The number of hydrogen-bond acceptors (Lipinski definition) is 3. The molecule has 92 valence electrons. The van der Waals surface area contributed by atoms with Crippen LogP contribution in [0.1, 0.15) is 17.3 Å². The number of benzene rings is 1. The number of nitrogens with two attached hydrogens (primary N) is 1. The van der Waals surface area contributed by atoms with Crippen LogP contribution in [0.4, 0.5) is 11.4 Å². The lowest BCUT2D eigenvalue weighted by atomic mass is 10.2. The molecule has 2 aromatic rings. The molecule has 1 heterocycles. The topological polar surface area (TPSA) is 59.2 Å². The number of anilines is 2. The molecule has 1 aromatic heterocycles. The molecule has 2 rings (SSSR count). The van der Waals surface area contributed by atoms with Gasteiger partial charge in [0.2, 0.25) is 0 Å². The summed E-state index contributed by atoms with van der Waals surface area (Å²) in [6, 6.07) is 10.8. The van der Waals surface area contributed by atoms with Crippen LogP contribution in [0.25, 0.3) is 0 Å². The number of para-hydroxylation sites is 2. The molecule has 0 bridgehead atoms. The molecule has 0 aliphatic heterocycles. The Labute approximate surface area is 106 Å². The van der Waals surface area contributed by atoms with Crippen LogP contribution < -0.4 is 10.6 Å². The number of hydrogen-bond donors (Lipinski definition) is 1. The maximum Gasteiger partial charge on any atom is 0.259 e. The van der Waals surface area contributed by atoms with Crippen molar-refractivity contribution >= 4 is 17.3 Å². The second-order valence-corrected chi connectivity index (χ2v) is 3.85. The van der Waals surface area contributed by atoms with Gasteiger partial charge in [0.05, 0.1) is 16.9 Å². The summed E-state index contributed by atoms with van der Waals surface area (Å²) in [6.07, 6.45) is 3.20. The zero-order valence-corrected chi connectivity index (χ0v) is 10.2. The minimum Gasteiger partial charge on any atom is -0.397 e. The minimum absolute atomic E-state index is 0.0940. The summed E-state index contributed by atoms with van der Waals surface area (Å²) >= 11 is 0. The van der Waals surface area contributed by atoms with Crippen molar-refractivity contribution in [2.45, 2.75) is 6.92 Å². The lowest BCUT2D eigenvalue weighted by Gasteiger charge is -2.22. The fourth-order valence-corrected chi connectivity index (χ4v) is 1.80. The van der Waals surface area contributed by atoms with Crippen LogP contribution in [0, 0.1) is 0 Å². The molecule has 1 aromatic carbocycles. The van der Waals surface area contributed by atoms with Crippen molar-refractivity contribution in [1.82, 2.24) is 4.98 Å². The van der Waals surface area contributed by atoms with Gasteiger partial charge in [0, 0.05) is 18.9 Å². The summed E-state index contributed by atoms with van der Waals surface area (Å²) < 4.78 is 0. The third-order valence-electron chi connectivity index (χ3n) is 2.70. The largest absolute Gasteiger partial charge is 0.397 e. The van der Waals surface area contributed by atoms with Gasteiger partial charge in [-0.15, -0.1) is 0 Å². The molecule has 4 nitrogen and oxygen atoms in total. The number of pyridine rings is 1. The van der Waals surface area contributed by atoms with E-state index in [1.807, 2.05) is 25.1 Å². The Morgan fingerprint density at radius 2 is 2.06 bits per heavy atom. The molecule has 0 atom stereocenters. The van der Waals surface area contributed by atoms with Gasteiger partial charge in [-0.25, -0.2) is 0 Å². The van der Waals surface area contributed by atoms with E-state index in [1.54, 1.807) is 35.5 Å². The normalized spacial score (nSPS) is 10.1. The summed E-state index contributed by atoms with van der Waals surface area (Å²) in [5, 5.41) is 0. The summed E-state index contributed by atoms with van der Waals surface area (Å²) in [5.41, 5.74) is 7.79. The van der Waals surface area contributed by atoms with Gasteiger partial charge in [0.25, 0.3) is 5.91 Å². The molecule has 0 aliphatic carbocycles. The van der Waals surface area contributed by atoms with E-state index in [9.17, 15) is 4.79 Å². The van der Waals surface area contributed by atoms with Crippen molar-refractivity contribution in [2.75, 3.05) is 17.2 Å². The number of nitrogen functional groups attached to an aromatic ring is 1. The van der Waals surface area contributed by atoms with E-state index < -0.39 is 0 Å². The van der Waals surface area contributed by atoms with Crippen molar-refractivity contribution in [3.63, 3.8) is 0 Å². The van der Waals surface area contributed by atoms with Crippen LogP contribution in [-0.2, 0) is 0 Å². The third kappa shape index (κ3) is 2.32. The summed E-state index contributed by atoms with van der Waals surface area (Å²) in [5.74, 6) is -0.0940. The smallest absolute Gasteiger partial charge is 0.259 e. The van der Waals surface area contributed by atoms with Crippen LogP contribution in [0.3, 0.4) is 0 Å². The molecule has 18 heavy (non-hydrogen) atoms. The van der Waals surface area contributed by atoms with Gasteiger partial charge in [-0.1, -0.05) is 12.1 Å². The van der Waals surface area contributed by atoms with Crippen molar-refractivity contribution < 1.29 is 4.79 Å². The second kappa shape index (κ2) is 5.31. The molecular formula is C14H15N3O. The number of carbonyl (C=O) groups is 1. The van der Waals surface area contributed by atoms with Gasteiger partial charge in [0.15, 0.2) is 0 Å². The lowest BCUT2D eigenvalue weighted by molar-refractivity contribution is 0.0988. The number of carbonyl (C=O) groups excluding carboxylic acids is 1. The van der Waals surface area contributed by atoms with Crippen LogP contribution in [0.2, 0.25) is 0 Å². The SMILES string of the molecule is CCN(C(=O)c1cccnc1)c1ccccc1N. The Kier molecular flexibility index (Phi) is 3.57. The van der Waals surface area contributed by atoms with E-state index in [4.69, 9.17) is 5.73 Å². The number of nitrogens with zero attached hydrogens (tertiary/aromatic N) is 2. The molecule has 0 saturated heterocycles. The van der Waals surface area contributed by atoms with Crippen molar-refractivity contribution in [3.05, 3.63) is 54.4 Å². The Morgan fingerprint density at radius 3 is 2.67 bits per heavy atom. The molecule has 0 saturated carbocycles. The standard InChI is InChI=1S/C14H15N3O/c1-2-17(13-8-4-3-7-12(13)15)14(18)11-6-5-9-16-10-11/h3-10H,2,15H2,1H3. The number of amides is 1. The highest BCUT2D eigenvalue weighted by atomic mass is 16.2. The average Bonchev–Trinajstić information content (AvgIpc) is 2.42. The summed E-state index contributed by atoms with van der Waals surface area (Å²) in [7, 11) is 0. The highest BCUT2D eigenvalue weighted by Crippen LogP contribution is 2.23. The van der Waals surface area contributed by atoms with Crippen LogP contribution >= 0.6 is 0 Å². The fourth-order valence-electron chi connectivity index (χ4n) is 1.80. The fraction of sp³-hybridized carbons (Fsp3) is 0.143. The van der Waals surface area contributed by atoms with E-state index >= 15 is 0 Å². The van der Waals surface area contributed by atoms with Crippen molar-refractivity contribution in [2.24, 2.45) is 0 Å². The van der Waals surface area contributed by atoms with Crippen LogP contribution in [0.5, 0.6) is 0 Å². The zero-order chi connectivity index (χ0) is 13.0. The molecular weight excluding hydrogens is 226 g/mol. The molecule has 4 heteroatoms. The first-order valence-electron chi connectivity index (χ1n) is 5.80. The minimum atomic E-state index is -0.0940. The Bertz CT molecular complexity index is 540. The van der Waals surface area contributed by atoms with Gasteiger partial charge in [-0.2, -0.15) is 0 Å². The number of aromatic nitrogens is 1. The monoisotopic (exact) mass is 241 g/mol. The summed E-state index contributed by atoms with van der Waals surface area (Å²) in [6.45, 7) is 2.47. The maximum absolute atomic E-state index is 12.4. The van der Waals surface area contributed by atoms with Gasteiger partial charge >= 0.3 is 0 Å². The van der Waals surface area contributed by atoms with E-state index in [2.05, 4.69) is 4.98 Å². The van der Waals surface area contributed by atoms with Gasteiger partial charge < -0.3 is 10.6 Å². The highest BCUT2D eigenvalue weighted by molar-refractivity contribution is 6.07.